The number of imidazole rings is 1. The van der Waals surface area contributed by atoms with Crippen LogP contribution in [0.2, 0.25) is 0 Å². The first kappa shape index (κ1) is 34.6. The number of aromatic carboxylic acids is 1. The molecule has 11 nitrogen and oxygen atoms in total. The van der Waals surface area contributed by atoms with Crippen molar-refractivity contribution in [1.29, 1.82) is 0 Å². The molecule has 0 aliphatic heterocycles. The topological polar surface area (TPSA) is 163 Å². The Morgan fingerprint density at radius 3 is 1.89 bits per heavy atom. The van der Waals surface area contributed by atoms with Crippen LogP contribution in [0, 0.1) is 0 Å². The summed E-state index contributed by atoms with van der Waals surface area (Å²) in [4.78, 5) is 55.2. The molecule has 0 radical (unpaired) electrons. The van der Waals surface area contributed by atoms with E-state index in [9.17, 15) is 24.3 Å². The van der Waals surface area contributed by atoms with E-state index in [1.54, 1.807) is 17.6 Å². The second-order valence-corrected chi connectivity index (χ2v) is 11.5. The number of hydroxylamine groups is 1. The quantitative estimate of drug-likeness (QED) is 0.0849. The van der Waals surface area contributed by atoms with Gasteiger partial charge in [-0.2, -0.15) is 0 Å². The standard InChI is InChI=1S/C36H41N5O6/c1-2-3-14-32-37-23-31(41(32)24-27-15-17-28(18-16-27)36(45)46)35(44)39-30(20-26-12-8-5-9-13-26)21-33(42)38-29(22-34(43)40-47)19-25-10-6-4-7-11-25/h4-13,15-18,23,29-30,47H,2-3,14,19-22,24H2,1H3,(H,38,42)(H,39,44)(H,40,43)(H,45,46). The van der Waals surface area contributed by atoms with Crippen LogP contribution in [0.25, 0.3) is 0 Å². The summed E-state index contributed by atoms with van der Waals surface area (Å²) in [5, 5.41) is 24.4. The van der Waals surface area contributed by atoms with Gasteiger partial charge in [-0.3, -0.25) is 19.6 Å². The third kappa shape index (κ3) is 10.6. The van der Waals surface area contributed by atoms with Crippen LogP contribution in [0.5, 0.6) is 0 Å². The van der Waals surface area contributed by atoms with Crippen LogP contribution in [0.15, 0.2) is 91.1 Å². The molecule has 11 heteroatoms. The number of amides is 3. The molecule has 0 aliphatic carbocycles. The number of rotatable bonds is 17. The normalized spacial score (nSPS) is 12.1. The highest BCUT2D eigenvalue weighted by molar-refractivity contribution is 5.93. The van der Waals surface area contributed by atoms with Crippen molar-refractivity contribution in [2.45, 2.75) is 70.5 Å². The highest BCUT2D eigenvalue weighted by Crippen LogP contribution is 2.16. The fraction of sp³-hybridized carbons (Fsp3) is 0.306. The largest absolute Gasteiger partial charge is 0.478 e. The monoisotopic (exact) mass is 639 g/mol. The second kappa shape index (κ2) is 17.4. The van der Waals surface area contributed by atoms with Gasteiger partial charge in [0.2, 0.25) is 11.8 Å². The van der Waals surface area contributed by atoms with Gasteiger partial charge in [-0.05, 0) is 48.1 Å². The fourth-order valence-corrected chi connectivity index (χ4v) is 5.43. The van der Waals surface area contributed by atoms with Gasteiger partial charge in [-0.1, -0.05) is 86.1 Å². The molecule has 4 aromatic rings. The number of nitrogens with zero attached hydrogens (tertiary/aromatic N) is 2. The van der Waals surface area contributed by atoms with Crippen LogP contribution in [-0.4, -0.2) is 55.6 Å². The molecular formula is C36H41N5O6. The average molecular weight is 640 g/mol. The number of nitrogens with one attached hydrogen (secondary N) is 3. The number of aryl methyl sites for hydroxylation is 1. The summed E-state index contributed by atoms with van der Waals surface area (Å²) >= 11 is 0. The van der Waals surface area contributed by atoms with E-state index in [4.69, 9.17) is 5.21 Å². The first-order valence-electron chi connectivity index (χ1n) is 15.7. The first-order valence-corrected chi connectivity index (χ1v) is 15.7. The third-order valence-corrected chi connectivity index (χ3v) is 7.80. The number of unbranched alkanes of at least 4 members (excludes halogenated alkanes) is 1. The lowest BCUT2D eigenvalue weighted by molar-refractivity contribution is -0.130. The number of aromatic nitrogens is 2. The van der Waals surface area contributed by atoms with Gasteiger partial charge in [-0.15, -0.1) is 0 Å². The Morgan fingerprint density at radius 1 is 0.766 bits per heavy atom. The van der Waals surface area contributed by atoms with Gasteiger partial charge in [0.25, 0.3) is 5.91 Å². The molecule has 246 valence electrons. The molecule has 0 aliphatic rings. The Bertz CT molecular complexity index is 1620. The molecule has 0 spiro atoms. The number of hydrogen-bond donors (Lipinski definition) is 5. The summed E-state index contributed by atoms with van der Waals surface area (Å²) in [6.45, 7) is 2.39. The molecule has 2 atom stereocenters. The minimum atomic E-state index is -1.01. The molecule has 1 aromatic heterocycles. The van der Waals surface area contributed by atoms with Crippen LogP contribution < -0.4 is 16.1 Å². The van der Waals surface area contributed by atoms with Crippen molar-refractivity contribution >= 4 is 23.7 Å². The van der Waals surface area contributed by atoms with Gasteiger partial charge in [0.1, 0.15) is 11.5 Å². The van der Waals surface area contributed by atoms with Crippen molar-refractivity contribution in [2.75, 3.05) is 0 Å². The summed E-state index contributed by atoms with van der Waals surface area (Å²) in [6, 6.07) is 24.3. The van der Waals surface area contributed by atoms with Crippen LogP contribution in [0.4, 0.5) is 0 Å². The van der Waals surface area contributed by atoms with Crippen molar-refractivity contribution in [2.24, 2.45) is 0 Å². The van der Waals surface area contributed by atoms with Crippen molar-refractivity contribution in [3.05, 3.63) is 125 Å². The Hall–Kier alpha value is -5.29. The molecule has 3 amide bonds. The highest BCUT2D eigenvalue weighted by atomic mass is 16.5. The molecule has 0 saturated heterocycles. The van der Waals surface area contributed by atoms with E-state index < -0.39 is 29.9 Å². The van der Waals surface area contributed by atoms with E-state index in [1.165, 1.54) is 18.3 Å². The molecule has 1 heterocycles. The first-order chi connectivity index (χ1) is 22.7. The van der Waals surface area contributed by atoms with Gasteiger partial charge >= 0.3 is 5.97 Å². The summed E-state index contributed by atoms with van der Waals surface area (Å²) in [5.41, 5.74) is 4.81. The van der Waals surface area contributed by atoms with E-state index in [0.717, 1.165) is 35.4 Å². The average Bonchev–Trinajstić information content (AvgIpc) is 3.46. The summed E-state index contributed by atoms with van der Waals surface area (Å²) in [7, 11) is 0. The van der Waals surface area contributed by atoms with Gasteiger partial charge in [0.15, 0.2) is 0 Å². The zero-order valence-corrected chi connectivity index (χ0v) is 26.4. The van der Waals surface area contributed by atoms with Crippen molar-refractivity contribution in [1.82, 2.24) is 25.7 Å². The zero-order valence-electron chi connectivity index (χ0n) is 26.4. The van der Waals surface area contributed by atoms with Gasteiger partial charge in [0, 0.05) is 37.9 Å². The number of carboxylic acids is 1. The van der Waals surface area contributed by atoms with Crippen LogP contribution in [0.3, 0.4) is 0 Å². The Labute approximate surface area is 274 Å². The molecule has 3 aromatic carbocycles. The van der Waals surface area contributed by atoms with E-state index in [2.05, 4.69) is 22.5 Å². The number of benzene rings is 3. The molecule has 0 fully saturated rings. The van der Waals surface area contributed by atoms with Crippen molar-refractivity contribution in [3.8, 4) is 0 Å². The predicted octanol–water partition coefficient (Wildman–Crippen LogP) is 4.33. The molecule has 4 rings (SSSR count). The van der Waals surface area contributed by atoms with E-state index >= 15 is 0 Å². The maximum Gasteiger partial charge on any atom is 0.335 e. The minimum Gasteiger partial charge on any atom is -0.478 e. The predicted molar refractivity (Wildman–Crippen MR) is 176 cm³/mol. The lowest BCUT2D eigenvalue weighted by atomic mass is 10.0. The maximum atomic E-state index is 13.9. The van der Waals surface area contributed by atoms with Crippen molar-refractivity contribution in [3.63, 3.8) is 0 Å². The van der Waals surface area contributed by atoms with Crippen LogP contribution >= 0.6 is 0 Å². The summed E-state index contributed by atoms with van der Waals surface area (Å²) in [5.74, 6) is -1.64. The third-order valence-electron chi connectivity index (χ3n) is 7.80. The Kier molecular flexibility index (Phi) is 12.8. The fourth-order valence-electron chi connectivity index (χ4n) is 5.43. The number of carbonyl (C=O) groups excluding carboxylic acids is 3. The molecule has 47 heavy (non-hydrogen) atoms. The van der Waals surface area contributed by atoms with Gasteiger partial charge in [0.05, 0.1) is 11.8 Å². The molecule has 0 saturated carbocycles. The zero-order chi connectivity index (χ0) is 33.6. The van der Waals surface area contributed by atoms with Crippen LogP contribution in [-0.2, 0) is 35.4 Å². The van der Waals surface area contributed by atoms with E-state index in [-0.39, 0.29) is 24.3 Å². The molecule has 0 bridgehead atoms. The highest BCUT2D eigenvalue weighted by Gasteiger charge is 2.24. The number of hydrogen-bond acceptors (Lipinski definition) is 6. The van der Waals surface area contributed by atoms with E-state index in [1.807, 2.05) is 65.2 Å². The smallest absolute Gasteiger partial charge is 0.335 e. The summed E-state index contributed by atoms with van der Waals surface area (Å²) < 4.78 is 1.84. The van der Waals surface area contributed by atoms with Crippen LogP contribution in [0.1, 0.15) is 76.0 Å². The lowest BCUT2D eigenvalue weighted by Gasteiger charge is -2.22. The van der Waals surface area contributed by atoms with Gasteiger partial charge in [-0.25, -0.2) is 15.3 Å². The number of carboxylic acid groups (broad SMARTS) is 1. The number of carbonyl (C=O) groups is 4. The maximum absolute atomic E-state index is 13.9. The molecular weight excluding hydrogens is 598 g/mol. The van der Waals surface area contributed by atoms with Crippen molar-refractivity contribution < 1.29 is 29.5 Å². The SMILES string of the molecule is CCCCc1ncc(C(=O)NC(CC(=O)NC(CC(=O)NO)Cc2ccccc2)Cc2ccccc2)n1Cc1ccc(C(=O)O)cc1. The van der Waals surface area contributed by atoms with E-state index in [0.29, 0.717) is 31.5 Å². The Balaban J connectivity index is 1.54. The lowest BCUT2D eigenvalue weighted by Crippen LogP contribution is -2.45. The molecule has 5 N–H and O–H groups in total. The minimum absolute atomic E-state index is 0.0554. The second-order valence-electron chi connectivity index (χ2n) is 11.5. The molecule has 2 unspecified atom stereocenters. The summed E-state index contributed by atoms with van der Waals surface area (Å²) in [6.07, 6.45) is 4.61. The Morgan fingerprint density at radius 2 is 1.34 bits per heavy atom. The van der Waals surface area contributed by atoms with Gasteiger partial charge < -0.3 is 20.3 Å².